The van der Waals surface area contributed by atoms with Gasteiger partial charge in [0.2, 0.25) is 0 Å². The first-order chi connectivity index (χ1) is 11.8. The van der Waals surface area contributed by atoms with Gasteiger partial charge in [0.25, 0.3) is 0 Å². The minimum atomic E-state index is -0.818. The lowest BCUT2D eigenvalue weighted by molar-refractivity contribution is 0.589. The first-order valence-corrected chi connectivity index (χ1v) is 8.26. The molecule has 25 heavy (non-hydrogen) atoms. The Hall–Kier alpha value is -2.43. The Labute approximate surface area is 145 Å². The van der Waals surface area contributed by atoms with Gasteiger partial charge in [-0.15, -0.1) is 0 Å². The molecule has 0 aliphatic heterocycles. The van der Waals surface area contributed by atoms with Crippen LogP contribution in [0.1, 0.15) is 13.8 Å². The topological polar surface area (TPSA) is 24.1 Å². The zero-order chi connectivity index (χ0) is 18.3. The van der Waals surface area contributed by atoms with Crippen molar-refractivity contribution in [3.8, 4) is 11.1 Å². The Morgan fingerprint density at radius 2 is 1.60 bits per heavy atom. The maximum absolute atomic E-state index is 14.5. The third kappa shape index (κ3) is 3.11. The molecule has 0 bridgehead atoms. The van der Waals surface area contributed by atoms with Crippen LogP contribution in [0.5, 0.6) is 0 Å². The highest BCUT2D eigenvalue weighted by atomic mass is 19.1. The minimum absolute atomic E-state index is 0.00525. The molecular weight excluding hydrogens is 325 g/mol. The van der Waals surface area contributed by atoms with Crippen molar-refractivity contribution in [2.75, 3.05) is 17.7 Å². The van der Waals surface area contributed by atoms with Gasteiger partial charge in [0.15, 0.2) is 5.82 Å². The summed E-state index contributed by atoms with van der Waals surface area (Å²) in [7, 11) is 1.42. The number of rotatable bonds is 5. The van der Waals surface area contributed by atoms with E-state index in [1.54, 1.807) is 6.07 Å². The molecule has 0 amide bonds. The van der Waals surface area contributed by atoms with Gasteiger partial charge in [-0.2, -0.15) is 0 Å². The van der Waals surface area contributed by atoms with Gasteiger partial charge in [-0.25, -0.2) is 13.2 Å². The van der Waals surface area contributed by atoms with Crippen LogP contribution in [0.15, 0.2) is 42.6 Å². The van der Waals surface area contributed by atoms with Crippen LogP contribution in [0, 0.1) is 35.2 Å². The number of nitrogens with one attached hydrogen (secondary N) is 2. The molecule has 2 aromatic rings. The molecule has 2 unspecified atom stereocenters. The van der Waals surface area contributed by atoms with Gasteiger partial charge in [0, 0.05) is 35.5 Å². The van der Waals surface area contributed by atoms with Crippen molar-refractivity contribution in [2.24, 2.45) is 17.8 Å². The average molecular weight is 346 g/mol. The molecule has 1 saturated carbocycles. The number of anilines is 2. The second-order valence-corrected chi connectivity index (χ2v) is 6.62. The SMILES string of the molecule is C=C(Nc1ccc(F)c(-c2ccc(F)c(NC)c2F)c1)C1C(C)[C@H]1C. The predicted octanol–water partition coefficient (Wildman–Crippen LogP) is 5.64. The third-order valence-corrected chi connectivity index (χ3v) is 5.13. The summed E-state index contributed by atoms with van der Waals surface area (Å²) >= 11 is 0. The molecule has 2 nitrogen and oxygen atoms in total. The highest BCUT2D eigenvalue weighted by Crippen LogP contribution is 2.49. The number of halogens is 3. The summed E-state index contributed by atoms with van der Waals surface area (Å²) < 4.78 is 42.4. The number of hydrogen-bond acceptors (Lipinski definition) is 2. The Morgan fingerprint density at radius 1 is 0.960 bits per heavy atom. The fraction of sp³-hybridized carbons (Fsp3) is 0.300. The summed E-state index contributed by atoms with van der Waals surface area (Å²) in [6.07, 6.45) is 0. The minimum Gasteiger partial charge on any atom is -0.383 e. The van der Waals surface area contributed by atoms with Crippen molar-refractivity contribution in [1.29, 1.82) is 0 Å². The van der Waals surface area contributed by atoms with E-state index in [0.29, 0.717) is 23.4 Å². The van der Waals surface area contributed by atoms with Crippen molar-refractivity contribution in [3.63, 3.8) is 0 Å². The first kappa shape index (κ1) is 17.4. The second-order valence-electron chi connectivity index (χ2n) is 6.62. The van der Waals surface area contributed by atoms with Crippen LogP contribution in [0.2, 0.25) is 0 Å². The van der Waals surface area contributed by atoms with Crippen LogP contribution in [-0.2, 0) is 0 Å². The van der Waals surface area contributed by atoms with Crippen molar-refractivity contribution in [3.05, 3.63) is 60.1 Å². The van der Waals surface area contributed by atoms with E-state index in [-0.39, 0.29) is 16.8 Å². The van der Waals surface area contributed by atoms with E-state index in [4.69, 9.17) is 0 Å². The smallest absolute Gasteiger partial charge is 0.157 e. The first-order valence-electron chi connectivity index (χ1n) is 8.26. The summed E-state index contributed by atoms with van der Waals surface area (Å²) in [5.74, 6) is -0.602. The fourth-order valence-corrected chi connectivity index (χ4v) is 3.37. The lowest BCUT2D eigenvalue weighted by atomic mass is 10.0. The van der Waals surface area contributed by atoms with Crippen molar-refractivity contribution >= 4 is 11.4 Å². The number of hydrogen-bond donors (Lipinski definition) is 2. The Bertz CT molecular complexity index is 824. The Morgan fingerprint density at radius 3 is 2.20 bits per heavy atom. The van der Waals surface area contributed by atoms with Gasteiger partial charge in [-0.1, -0.05) is 20.4 Å². The summed E-state index contributed by atoms with van der Waals surface area (Å²) in [4.78, 5) is 0. The van der Waals surface area contributed by atoms with E-state index in [0.717, 1.165) is 11.8 Å². The highest BCUT2D eigenvalue weighted by molar-refractivity contribution is 5.73. The van der Waals surface area contributed by atoms with Crippen LogP contribution < -0.4 is 10.6 Å². The lowest BCUT2D eigenvalue weighted by Gasteiger charge is -2.14. The van der Waals surface area contributed by atoms with Crippen LogP contribution in [0.25, 0.3) is 11.1 Å². The lowest BCUT2D eigenvalue weighted by Crippen LogP contribution is -2.03. The number of allylic oxidation sites excluding steroid dienone is 1. The van der Waals surface area contributed by atoms with Gasteiger partial charge in [-0.3, -0.25) is 0 Å². The van der Waals surface area contributed by atoms with Gasteiger partial charge in [-0.05, 0) is 42.2 Å². The van der Waals surface area contributed by atoms with Gasteiger partial charge < -0.3 is 10.6 Å². The normalized spacial score (nSPS) is 21.8. The molecule has 1 fully saturated rings. The third-order valence-electron chi connectivity index (χ3n) is 5.13. The zero-order valence-corrected chi connectivity index (χ0v) is 14.5. The van der Waals surface area contributed by atoms with Gasteiger partial charge >= 0.3 is 0 Å². The molecule has 0 saturated heterocycles. The van der Waals surface area contributed by atoms with Gasteiger partial charge in [0.1, 0.15) is 17.3 Å². The average Bonchev–Trinajstić information content (AvgIpc) is 3.17. The maximum atomic E-state index is 14.5. The molecule has 2 N–H and O–H groups in total. The van der Waals surface area contributed by atoms with Gasteiger partial charge in [0.05, 0.1) is 0 Å². The zero-order valence-electron chi connectivity index (χ0n) is 14.5. The predicted molar refractivity (Wildman–Crippen MR) is 95.9 cm³/mol. The molecule has 0 aromatic heterocycles. The largest absolute Gasteiger partial charge is 0.383 e. The van der Waals surface area contributed by atoms with Crippen molar-refractivity contribution in [2.45, 2.75) is 13.8 Å². The molecule has 3 atom stereocenters. The maximum Gasteiger partial charge on any atom is 0.157 e. The summed E-state index contributed by atoms with van der Waals surface area (Å²) in [5, 5.41) is 5.66. The standard InChI is InChI=1S/C20H21F3N2/c1-10-11(2)18(10)12(3)25-13-5-7-16(21)15(9-13)14-6-8-17(22)20(24-4)19(14)23/h5-11,18,24-25H,3H2,1-2,4H3/t10-,11?,18?/m1/s1. The van der Waals surface area contributed by atoms with Crippen molar-refractivity contribution in [1.82, 2.24) is 0 Å². The molecule has 3 rings (SSSR count). The Kier molecular flexibility index (Phi) is 4.50. The fourth-order valence-electron chi connectivity index (χ4n) is 3.37. The molecule has 0 spiro atoms. The van der Waals surface area contributed by atoms with Crippen LogP contribution in [-0.4, -0.2) is 7.05 Å². The highest BCUT2D eigenvalue weighted by Gasteiger charge is 2.44. The second kappa shape index (κ2) is 6.47. The van der Waals surface area contributed by atoms with E-state index in [2.05, 4.69) is 31.1 Å². The molecule has 2 aromatic carbocycles. The van der Waals surface area contributed by atoms with E-state index in [1.807, 2.05) is 0 Å². The molecule has 132 valence electrons. The molecule has 0 heterocycles. The summed E-state index contributed by atoms with van der Waals surface area (Å²) in [5.41, 5.74) is 1.30. The monoisotopic (exact) mass is 346 g/mol. The molecular formula is C20H21F3N2. The molecule has 0 radical (unpaired) electrons. The van der Waals surface area contributed by atoms with E-state index in [1.165, 1.54) is 25.2 Å². The van der Waals surface area contributed by atoms with Crippen LogP contribution in [0.3, 0.4) is 0 Å². The van der Waals surface area contributed by atoms with Crippen molar-refractivity contribution < 1.29 is 13.2 Å². The van der Waals surface area contributed by atoms with E-state index < -0.39 is 17.5 Å². The van der Waals surface area contributed by atoms with Crippen LogP contribution >= 0.6 is 0 Å². The molecule has 1 aliphatic rings. The van der Waals surface area contributed by atoms with Crippen LogP contribution in [0.4, 0.5) is 24.5 Å². The van der Waals surface area contributed by atoms with E-state index >= 15 is 0 Å². The van der Waals surface area contributed by atoms with E-state index in [9.17, 15) is 13.2 Å². The molecule has 1 aliphatic carbocycles. The summed E-state index contributed by atoms with van der Waals surface area (Å²) in [6, 6.07) is 6.74. The summed E-state index contributed by atoms with van der Waals surface area (Å²) in [6.45, 7) is 8.37. The molecule has 5 heteroatoms. The Balaban J connectivity index is 1.94. The number of benzene rings is 2. The quantitative estimate of drug-likeness (QED) is 0.732.